The van der Waals surface area contributed by atoms with Gasteiger partial charge in [-0.2, -0.15) is 5.10 Å². The molecule has 0 aliphatic carbocycles. The molecule has 0 spiro atoms. The van der Waals surface area contributed by atoms with Crippen molar-refractivity contribution in [1.82, 2.24) is 24.6 Å². The number of hydrogen-bond donors (Lipinski definition) is 1. The fourth-order valence-electron chi connectivity index (χ4n) is 3.88. The van der Waals surface area contributed by atoms with Crippen molar-refractivity contribution in [1.29, 1.82) is 0 Å². The maximum Gasteiger partial charge on any atom is 0.139 e. The Balaban J connectivity index is 1.60. The van der Waals surface area contributed by atoms with E-state index in [9.17, 15) is 0 Å². The summed E-state index contributed by atoms with van der Waals surface area (Å²) in [5.41, 5.74) is 9.41. The predicted molar refractivity (Wildman–Crippen MR) is 108 cm³/mol. The highest BCUT2D eigenvalue weighted by atomic mass is 15.3. The molecule has 5 rings (SSSR count). The molecule has 1 N–H and O–H groups in total. The minimum absolute atomic E-state index is 0.886. The third-order valence-corrected chi connectivity index (χ3v) is 5.64. The topological polar surface area (TPSA) is 49.7 Å². The first kappa shape index (κ1) is 16.3. The molecule has 0 bridgehead atoms. The van der Waals surface area contributed by atoms with Crippen molar-refractivity contribution in [2.45, 2.75) is 26.8 Å². The molecule has 0 unspecified atom stereocenters. The van der Waals surface area contributed by atoms with Gasteiger partial charge >= 0.3 is 0 Å². The van der Waals surface area contributed by atoms with Gasteiger partial charge in [-0.25, -0.2) is 9.67 Å². The largest absolute Gasteiger partial charge is 0.344 e. The van der Waals surface area contributed by atoms with Crippen molar-refractivity contribution in [2.24, 2.45) is 0 Å². The zero-order valence-electron chi connectivity index (χ0n) is 16.0. The maximum absolute atomic E-state index is 4.65. The lowest BCUT2D eigenvalue weighted by molar-refractivity contribution is 0.313. The molecule has 5 nitrogen and oxygen atoms in total. The summed E-state index contributed by atoms with van der Waals surface area (Å²) in [4.78, 5) is 10.3. The number of benzene rings is 1. The van der Waals surface area contributed by atoms with Crippen LogP contribution in [0.2, 0.25) is 0 Å². The van der Waals surface area contributed by atoms with Crippen molar-refractivity contribution in [2.75, 3.05) is 13.6 Å². The fourth-order valence-corrected chi connectivity index (χ4v) is 3.88. The number of rotatable bonds is 2. The highest BCUT2D eigenvalue weighted by molar-refractivity contribution is 5.89. The smallest absolute Gasteiger partial charge is 0.139 e. The summed E-state index contributed by atoms with van der Waals surface area (Å²) in [5.74, 6) is 0. The van der Waals surface area contributed by atoms with Crippen LogP contribution in [0.5, 0.6) is 0 Å². The van der Waals surface area contributed by atoms with Crippen molar-refractivity contribution in [3.05, 3.63) is 65.2 Å². The van der Waals surface area contributed by atoms with Gasteiger partial charge < -0.3 is 9.88 Å². The monoisotopic (exact) mass is 357 g/mol. The van der Waals surface area contributed by atoms with Crippen molar-refractivity contribution < 1.29 is 0 Å². The van der Waals surface area contributed by atoms with Gasteiger partial charge in [-0.3, -0.25) is 0 Å². The Morgan fingerprint density at radius 2 is 1.96 bits per heavy atom. The second kappa shape index (κ2) is 6.06. The molecule has 4 aromatic rings. The number of nitrogens with zero attached hydrogens (tertiary/aromatic N) is 4. The normalized spacial score (nSPS) is 14.6. The third kappa shape index (κ3) is 2.75. The van der Waals surface area contributed by atoms with Crippen LogP contribution in [-0.4, -0.2) is 38.2 Å². The number of hydrogen-bond acceptors (Lipinski definition) is 3. The number of fused-ring (bicyclic) bond motifs is 2. The highest BCUT2D eigenvalue weighted by Gasteiger charge is 2.15. The Morgan fingerprint density at radius 3 is 2.78 bits per heavy atom. The van der Waals surface area contributed by atoms with Crippen LogP contribution in [0.3, 0.4) is 0 Å². The second-order valence-corrected chi connectivity index (χ2v) is 7.61. The molecular formula is C22H23N5. The van der Waals surface area contributed by atoms with E-state index in [0.717, 1.165) is 47.5 Å². The van der Waals surface area contributed by atoms with Gasteiger partial charge in [-0.05, 0) is 61.7 Å². The van der Waals surface area contributed by atoms with Crippen LogP contribution >= 0.6 is 0 Å². The molecule has 5 heteroatoms. The van der Waals surface area contributed by atoms with Crippen molar-refractivity contribution in [3.63, 3.8) is 0 Å². The summed E-state index contributed by atoms with van der Waals surface area (Å²) in [6.45, 7) is 6.27. The SMILES string of the molecule is Cc1cn(-c2c[nH]c3ncc(-c4ccc5c(c4)CN(C)CC5)cc23)nc1C. The number of nitrogens with one attached hydrogen (secondary N) is 1. The summed E-state index contributed by atoms with van der Waals surface area (Å²) in [6.07, 6.45) is 7.13. The summed E-state index contributed by atoms with van der Waals surface area (Å²) < 4.78 is 1.94. The maximum atomic E-state index is 4.65. The number of aromatic nitrogens is 4. The zero-order chi connectivity index (χ0) is 18.5. The molecule has 0 saturated carbocycles. The lowest BCUT2D eigenvalue weighted by atomic mass is 9.95. The van der Waals surface area contributed by atoms with Gasteiger partial charge in [0.25, 0.3) is 0 Å². The van der Waals surface area contributed by atoms with E-state index in [1.54, 1.807) is 0 Å². The first-order valence-corrected chi connectivity index (χ1v) is 9.39. The summed E-state index contributed by atoms with van der Waals surface area (Å²) in [5, 5.41) is 5.72. The number of likely N-dealkylation sites (N-methyl/N-ethyl adjacent to an activating group) is 1. The summed E-state index contributed by atoms with van der Waals surface area (Å²) >= 11 is 0. The second-order valence-electron chi connectivity index (χ2n) is 7.61. The average molecular weight is 357 g/mol. The van der Waals surface area contributed by atoms with Gasteiger partial charge in [-0.1, -0.05) is 12.1 Å². The number of H-pyrrole nitrogens is 1. The molecule has 0 amide bonds. The number of aromatic amines is 1. The van der Waals surface area contributed by atoms with E-state index < -0.39 is 0 Å². The lowest BCUT2D eigenvalue weighted by Crippen LogP contribution is -2.26. The molecule has 1 aromatic carbocycles. The molecule has 1 aliphatic heterocycles. The quantitative estimate of drug-likeness (QED) is 0.589. The molecule has 0 atom stereocenters. The van der Waals surface area contributed by atoms with Gasteiger partial charge in [0.2, 0.25) is 0 Å². The fraction of sp³-hybridized carbons (Fsp3) is 0.273. The highest BCUT2D eigenvalue weighted by Crippen LogP contribution is 2.29. The summed E-state index contributed by atoms with van der Waals surface area (Å²) in [6, 6.07) is 9.04. The third-order valence-electron chi connectivity index (χ3n) is 5.64. The molecule has 27 heavy (non-hydrogen) atoms. The van der Waals surface area contributed by atoms with E-state index >= 15 is 0 Å². The standard InChI is InChI=1S/C22H23N5/c1-14-12-27(25-15(14)2)21-11-24-22-20(21)9-18(10-23-22)17-5-4-16-6-7-26(3)13-19(16)8-17/h4-5,8-12H,6-7,13H2,1-3H3,(H,23,24). The van der Waals surface area contributed by atoms with E-state index in [1.165, 1.54) is 22.3 Å². The van der Waals surface area contributed by atoms with E-state index in [4.69, 9.17) is 0 Å². The van der Waals surface area contributed by atoms with Crippen LogP contribution in [0.1, 0.15) is 22.4 Å². The van der Waals surface area contributed by atoms with Crippen LogP contribution in [0.4, 0.5) is 0 Å². The first-order chi connectivity index (χ1) is 13.1. The number of pyridine rings is 1. The Labute approximate surface area is 158 Å². The van der Waals surface area contributed by atoms with Gasteiger partial charge in [0.1, 0.15) is 5.65 Å². The van der Waals surface area contributed by atoms with Crippen molar-refractivity contribution in [3.8, 4) is 16.8 Å². The van der Waals surface area contributed by atoms with Gasteiger partial charge in [0.15, 0.2) is 0 Å². The predicted octanol–water partition coefficient (Wildman–Crippen LogP) is 4.02. The molecule has 3 aromatic heterocycles. The van der Waals surface area contributed by atoms with E-state index in [1.807, 2.05) is 24.0 Å². The Bertz CT molecular complexity index is 1130. The van der Waals surface area contributed by atoms with Crippen LogP contribution in [0.25, 0.3) is 27.8 Å². The van der Waals surface area contributed by atoms with E-state index in [0.29, 0.717) is 0 Å². The summed E-state index contributed by atoms with van der Waals surface area (Å²) in [7, 11) is 2.18. The van der Waals surface area contributed by atoms with Crippen LogP contribution in [-0.2, 0) is 13.0 Å². The van der Waals surface area contributed by atoms with Crippen LogP contribution in [0, 0.1) is 13.8 Å². The van der Waals surface area contributed by atoms with Gasteiger partial charge in [-0.15, -0.1) is 0 Å². The molecule has 4 heterocycles. The average Bonchev–Trinajstić information content (AvgIpc) is 3.23. The van der Waals surface area contributed by atoms with Crippen LogP contribution < -0.4 is 0 Å². The minimum atomic E-state index is 0.886. The van der Waals surface area contributed by atoms with Crippen LogP contribution in [0.15, 0.2) is 42.9 Å². The Morgan fingerprint density at radius 1 is 1.07 bits per heavy atom. The molecule has 0 fully saturated rings. The van der Waals surface area contributed by atoms with E-state index in [2.05, 4.69) is 64.4 Å². The lowest BCUT2D eigenvalue weighted by Gasteiger charge is -2.25. The van der Waals surface area contributed by atoms with Gasteiger partial charge in [0, 0.05) is 42.6 Å². The van der Waals surface area contributed by atoms with Crippen molar-refractivity contribution >= 4 is 11.0 Å². The van der Waals surface area contributed by atoms with E-state index in [-0.39, 0.29) is 0 Å². The number of aryl methyl sites for hydroxylation is 2. The molecular weight excluding hydrogens is 334 g/mol. The minimum Gasteiger partial charge on any atom is -0.344 e. The first-order valence-electron chi connectivity index (χ1n) is 9.39. The zero-order valence-corrected chi connectivity index (χ0v) is 16.0. The Hall–Kier alpha value is -2.92. The molecule has 0 saturated heterocycles. The molecule has 0 radical (unpaired) electrons. The molecule has 1 aliphatic rings. The molecule has 136 valence electrons. The Kier molecular flexibility index (Phi) is 3.65. The van der Waals surface area contributed by atoms with Gasteiger partial charge in [0.05, 0.1) is 11.4 Å².